The molecule has 1 aromatic heterocycles. The van der Waals surface area contributed by atoms with Gasteiger partial charge < -0.3 is 24.3 Å². The molecule has 0 radical (unpaired) electrons. The number of anilines is 1. The molecule has 39 heavy (non-hydrogen) atoms. The van der Waals surface area contributed by atoms with Crippen LogP contribution in [0.3, 0.4) is 0 Å². The predicted octanol–water partition coefficient (Wildman–Crippen LogP) is 5.44. The molecule has 2 aromatic carbocycles. The average Bonchev–Trinajstić information content (AvgIpc) is 3.70. The van der Waals surface area contributed by atoms with E-state index >= 15 is 0 Å². The molecule has 1 N–H and O–H groups in total. The molecule has 204 valence electrons. The van der Waals surface area contributed by atoms with Crippen molar-refractivity contribution in [2.24, 2.45) is 0 Å². The number of urea groups is 1. The summed E-state index contributed by atoms with van der Waals surface area (Å²) >= 11 is 0. The Morgan fingerprint density at radius 2 is 1.69 bits per heavy atom. The first kappa shape index (κ1) is 25.3. The number of nitrogens with one attached hydrogen (secondary N) is 1. The number of hydrogen-bond acceptors (Lipinski definition) is 4. The average molecular weight is 529 g/mol. The fourth-order valence-electron chi connectivity index (χ4n) is 6.09. The molecule has 2 aliphatic carbocycles. The van der Waals surface area contributed by atoms with Gasteiger partial charge in [0.1, 0.15) is 24.1 Å². The van der Waals surface area contributed by atoms with Crippen molar-refractivity contribution in [3.8, 4) is 17.2 Å². The third-order valence-electron chi connectivity index (χ3n) is 8.21. The lowest BCUT2D eigenvalue weighted by Gasteiger charge is -2.40. The molecule has 2 saturated carbocycles. The summed E-state index contributed by atoms with van der Waals surface area (Å²) in [6, 6.07) is 17.3. The summed E-state index contributed by atoms with van der Waals surface area (Å²) in [5, 5.41) is 3.23. The van der Waals surface area contributed by atoms with Crippen molar-refractivity contribution in [3.05, 3.63) is 72.1 Å². The number of benzene rings is 2. The van der Waals surface area contributed by atoms with Gasteiger partial charge in [0.25, 0.3) is 0 Å². The predicted molar refractivity (Wildman–Crippen MR) is 150 cm³/mol. The monoisotopic (exact) mass is 528 g/mol. The van der Waals surface area contributed by atoms with Gasteiger partial charge in [0, 0.05) is 23.8 Å². The van der Waals surface area contributed by atoms with Crippen LogP contribution in [0.25, 0.3) is 5.69 Å². The van der Waals surface area contributed by atoms with Crippen molar-refractivity contribution in [2.45, 2.75) is 63.1 Å². The smallest absolute Gasteiger partial charge is 0.318 e. The van der Waals surface area contributed by atoms with E-state index in [1.807, 2.05) is 65.7 Å². The molecule has 0 saturated heterocycles. The minimum atomic E-state index is -0.463. The Bertz CT molecular complexity index is 1360. The molecule has 2 fully saturated rings. The van der Waals surface area contributed by atoms with Crippen LogP contribution in [0.4, 0.5) is 10.5 Å². The highest BCUT2D eigenvalue weighted by Gasteiger charge is 2.41. The fraction of sp³-hybridized carbons (Fsp3) is 0.419. The van der Waals surface area contributed by atoms with E-state index in [0.717, 1.165) is 61.2 Å². The van der Waals surface area contributed by atoms with Gasteiger partial charge in [-0.15, -0.1) is 0 Å². The SMILES string of the molecule is COc1ccc(OC)c(C2c3cccn3-c3ccccc3N2C(=O)CN(C(=O)NC2CCCCC2)C2CC2)c1. The van der Waals surface area contributed by atoms with Crippen molar-refractivity contribution in [1.29, 1.82) is 0 Å². The van der Waals surface area contributed by atoms with Crippen molar-refractivity contribution in [1.82, 2.24) is 14.8 Å². The van der Waals surface area contributed by atoms with E-state index in [0.29, 0.717) is 11.5 Å². The van der Waals surface area contributed by atoms with E-state index < -0.39 is 6.04 Å². The van der Waals surface area contributed by atoms with Crippen LogP contribution in [0.1, 0.15) is 62.2 Å². The zero-order valence-electron chi connectivity index (χ0n) is 22.6. The maximum atomic E-state index is 14.4. The number of fused-ring (bicyclic) bond motifs is 3. The van der Waals surface area contributed by atoms with E-state index in [1.54, 1.807) is 19.1 Å². The Hall–Kier alpha value is -3.94. The number of rotatable bonds is 7. The van der Waals surface area contributed by atoms with Gasteiger partial charge in [0.15, 0.2) is 0 Å². The Morgan fingerprint density at radius 1 is 0.923 bits per heavy atom. The molecule has 1 atom stereocenters. The third kappa shape index (κ3) is 4.84. The summed E-state index contributed by atoms with van der Waals surface area (Å²) in [6.07, 6.45) is 9.39. The van der Waals surface area contributed by atoms with E-state index in [2.05, 4.69) is 9.88 Å². The number of ether oxygens (including phenoxy) is 2. The standard InChI is InChI=1S/C31H36N4O4/c1-38-23-16-17-28(39-2)24(19-23)30-27-13-8-18-33(27)25-11-6-7-12-26(25)35(30)29(36)20-34(22-14-15-22)31(37)32-21-9-4-3-5-10-21/h6-8,11-13,16-19,21-22,30H,3-5,9-10,14-15,20H2,1-2H3,(H,32,37). The van der Waals surface area contributed by atoms with Crippen molar-refractivity contribution >= 4 is 17.6 Å². The summed E-state index contributed by atoms with van der Waals surface area (Å²) < 4.78 is 13.5. The first-order valence-electron chi connectivity index (χ1n) is 14.0. The normalized spacial score (nSPS) is 18.6. The van der Waals surface area contributed by atoms with Crippen molar-refractivity contribution in [3.63, 3.8) is 0 Å². The van der Waals surface area contributed by atoms with Crippen LogP contribution < -0.4 is 19.7 Å². The Morgan fingerprint density at radius 3 is 2.41 bits per heavy atom. The van der Waals surface area contributed by atoms with Gasteiger partial charge in [-0.25, -0.2) is 4.79 Å². The van der Waals surface area contributed by atoms with Gasteiger partial charge in [-0.2, -0.15) is 0 Å². The highest BCUT2D eigenvalue weighted by molar-refractivity contribution is 6.00. The highest BCUT2D eigenvalue weighted by Crippen LogP contribution is 2.45. The number of para-hydroxylation sites is 2. The first-order valence-corrected chi connectivity index (χ1v) is 14.0. The zero-order valence-corrected chi connectivity index (χ0v) is 22.6. The molecule has 3 amide bonds. The maximum absolute atomic E-state index is 14.4. The van der Waals surface area contributed by atoms with Gasteiger partial charge in [-0.1, -0.05) is 31.4 Å². The van der Waals surface area contributed by atoms with Crippen LogP contribution in [-0.4, -0.2) is 54.3 Å². The summed E-state index contributed by atoms with van der Waals surface area (Å²) in [4.78, 5) is 31.4. The second-order valence-electron chi connectivity index (χ2n) is 10.7. The molecular formula is C31H36N4O4. The van der Waals surface area contributed by atoms with Gasteiger partial charge >= 0.3 is 6.03 Å². The lowest BCUT2D eigenvalue weighted by atomic mass is 9.95. The summed E-state index contributed by atoms with van der Waals surface area (Å²) in [7, 11) is 3.27. The van der Waals surface area contributed by atoms with Crippen LogP contribution in [0.5, 0.6) is 11.5 Å². The summed E-state index contributed by atoms with van der Waals surface area (Å²) in [6.45, 7) is 0.0149. The number of carbonyl (C=O) groups excluding carboxylic acids is 2. The van der Waals surface area contributed by atoms with Crippen LogP contribution >= 0.6 is 0 Å². The molecule has 1 aliphatic heterocycles. The van der Waals surface area contributed by atoms with Gasteiger partial charge in [-0.3, -0.25) is 9.69 Å². The lowest BCUT2D eigenvalue weighted by Crippen LogP contribution is -2.51. The van der Waals surface area contributed by atoms with Crippen molar-refractivity contribution in [2.75, 3.05) is 25.7 Å². The Kier molecular flexibility index (Phi) is 6.94. The molecule has 2 heterocycles. The first-order chi connectivity index (χ1) is 19.1. The lowest BCUT2D eigenvalue weighted by molar-refractivity contribution is -0.119. The highest BCUT2D eigenvalue weighted by atomic mass is 16.5. The molecular weight excluding hydrogens is 492 g/mol. The minimum absolute atomic E-state index is 0.0149. The summed E-state index contributed by atoms with van der Waals surface area (Å²) in [5.41, 5.74) is 3.49. The second-order valence-corrected chi connectivity index (χ2v) is 10.7. The molecule has 0 spiro atoms. The largest absolute Gasteiger partial charge is 0.497 e. The van der Waals surface area contributed by atoms with Gasteiger partial charge in [-0.05, 0) is 68.1 Å². The van der Waals surface area contributed by atoms with Crippen LogP contribution in [-0.2, 0) is 4.79 Å². The summed E-state index contributed by atoms with van der Waals surface area (Å²) in [5.74, 6) is 1.22. The van der Waals surface area contributed by atoms with Crippen LogP contribution in [0.2, 0.25) is 0 Å². The number of methoxy groups -OCH3 is 2. The number of amides is 3. The van der Waals surface area contributed by atoms with E-state index in [-0.39, 0.29) is 30.6 Å². The molecule has 0 bridgehead atoms. The van der Waals surface area contributed by atoms with Crippen LogP contribution in [0, 0.1) is 0 Å². The molecule has 6 rings (SSSR count). The quantitative estimate of drug-likeness (QED) is 0.443. The van der Waals surface area contributed by atoms with E-state index in [1.165, 1.54) is 6.42 Å². The second kappa shape index (κ2) is 10.7. The number of aromatic nitrogens is 1. The molecule has 8 nitrogen and oxygen atoms in total. The number of nitrogens with zero attached hydrogens (tertiary/aromatic N) is 3. The maximum Gasteiger partial charge on any atom is 0.318 e. The van der Waals surface area contributed by atoms with E-state index in [9.17, 15) is 9.59 Å². The fourth-order valence-corrected chi connectivity index (χ4v) is 6.09. The van der Waals surface area contributed by atoms with Gasteiger partial charge in [0.2, 0.25) is 5.91 Å². The zero-order chi connectivity index (χ0) is 26.9. The molecule has 3 aliphatic rings. The van der Waals surface area contributed by atoms with E-state index in [4.69, 9.17) is 9.47 Å². The Balaban J connectivity index is 1.38. The number of carbonyl (C=O) groups is 2. The molecule has 1 unspecified atom stereocenters. The van der Waals surface area contributed by atoms with Crippen molar-refractivity contribution < 1.29 is 19.1 Å². The molecule has 3 aromatic rings. The topological polar surface area (TPSA) is 76.0 Å². The third-order valence-corrected chi connectivity index (χ3v) is 8.21. The number of hydrogen-bond donors (Lipinski definition) is 1. The minimum Gasteiger partial charge on any atom is -0.497 e. The molecule has 8 heteroatoms. The van der Waals surface area contributed by atoms with Gasteiger partial charge in [0.05, 0.1) is 31.3 Å². The Labute approximate surface area is 229 Å². The van der Waals surface area contributed by atoms with Crippen LogP contribution in [0.15, 0.2) is 60.8 Å².